The van der Waals surface area contributed by atoms with Crippen molar-refractivity contribution in [2.75, 3.05) is 6.61 Å². The van der Waals surface area contributed by atoms with Crippen LogP contribution in [-0.4, -0.2) is 12.4 Å². The fraction of sp³-hybridized carbons (Fsp3) is 0.364. The molecule has 0 N–H and O–H groups in total. The summed E-state index contributed by atoms with van der Waals surface area (Å²) in [6.45, 7) is 0.676. The Morgan fingerprint density at radius 2 is 1.92 bits per heavy atom. The second-order valence-electron chi connectivity index (χ2n) is 3.44. The number of Topliss-reactive ketones (excluding diaryl/α,β-unsaturated/α-hetero) is 1. The Labute approximate surface area is 77.5 Å². The normalized spacial score (nSPS) is 16.8. The number of para-hydroxylation sites is 1. The molecule has 0 saturated heterocycles. The molecule has 0 atom stereocenters. The second kappa shape index (κ2) is 3.60. The highest BCUT2D eigenvalue weighted by atomic mass is 16.5. The van der Waals surface area contributed by atoms with E-state index >= 15 is 0 Å². The Morgan fingerprint density at radius 1 is 1.23 bits per heavy atom. The zero-order valence-electron chi connectivity index (χ0n) is 7.40. The van der Waals surface area contributed by atoms with E-state index in [2.05, 4.69) is 0 Å². The summed E-state index contributed by atoms with van der Waals surface area (Å²) < 4.78 is 5.51. The molecule has 0 aliphatic heterocycles. The highest BCUT2D eigenvalue weighted by Gasteiger charge is 2.26. The summed E-state index contributed by atoms with van der Waals surface area (Å²) in [6, 6.07) is 9.71. The lowest BCUT2D eigenvalue weighted by atomic mass is 9.85. The molecular formula is C11H12O2. The lowest BCUT2D eigenvalue weighted by molar-refractivity contribution is -0.127. The van der Waals surface area contributed by atoms with Crippen LogP contribution in [0.25, 0.3) is 0 Å². The highest BCUT2D eigenvalue weighted by Crippen LogP contribution is 2.23. The molecule has 0 radical (unpaired) electrons. The van der Waals surface area contributed by atoms with Gasteiger partial charge in [0.25, 0.3) is 0 Å². The van der Waals surface area contributed by atoms with Gasteiger partial charge in [-0.3, -0.25) is 4.79 Å². The van der Waals surface area contributed by atoms with Crippen molar-refractivity contribution in [3.8, 4) is 5.75 Å². The molecule has 1 aromatic rings. The summed E-state index contributed by atoms with van der Waals surface area (Å²) in [4.78, 5) is 10.7. The van der Waals surface area contributed by atoms with Crippen molar-refractivity contribution in [2.24, 2.45) is 5.92 Å². The maximum Gasteiger partial charge on any atom is 0.133 e. The summed E-state index contributed by atoms with van der Waals surface area (Å²) in [7, 11) is 0. The Balaban J connectivity index is 1.77. The molecule has 1 aromatic carbocycles. The molecule has 2 rings (SSSR count). The molecule has 0 amide bonds. The van der Waals surface area contributed by atoms with Crippen LogP contribution in [0.1, 0.15) is 12.8 Å². The van der Waals surface area contributed by atoms with Gasteiger partial charge in [-0.2, -0.15) is 0 Å². The fourth-order valence-electron chi connectivity index (χ4n) is 1.43. The average molecular weight is 176 g/mol. The third kappa shape index (κ3) is 2.08. The van der Waals surface area contributed by atoms with Crippen LogP contribution in [0.2, 0.25) is 0 Å². The predicted octanol–water partition coefficient (Wildman–Crippen LogP) is 2.04. The molecule has 0 spiro atoms. The zero-order chi connectivity index (χ0) is 9.10. The minimum atomic E-state index is 0.363. The van der Waals surface area contributed by atoms with Crippen molar-refractivity contribution in [3.05, 3.63) is 30.3 Å². The number of hydrogen-bond acceptors (Lipinski definition) is 2. The molecule has 0 heterocycles. The number of ketones is 1. The van der Waals surface area contributed by atoms with Gasteiger partial charge in [0.1, 0.15) is 11.5 Å². The largest absolute Gasteiger partial charge is 0.493 e. The third-order valence-corrected chi connectivity index (χ3v) is 2.26. The van der Waals surface area contributed by atoms with Gasteiger partial charge in [0.2, 0.25) is 0 Å². The molecule has 1 aliphatic carbocycles. The average Bonchev–Trinajstić information content (AvgIpc) is 2.12. The SMILES string of the molecule is O=C1CC(COc2ccccc2)C1. The van der Waals surface area contributed by atoms with Crippen LogP contribution in [0.5, 0.6) is 5.75 Å². The summed E-state index contributed by atoms with van der Waals surface area (Å²) in [5.41, 5.74) is 0. The molecule has 0 bridgehead atoms. The standard InChI is InChI=1S/C11H12O2/c12-10-6-9(7-10)8-13-11-4-2-1-3-5-11/h1-5,9H,6-8H2. The first-order chi connectivity index (χ1) is 6.34. The fourth-order valence-corrected chi connectivity index (χ4v) is 1.43. The molecule has 1 saturated carbocycles. The lowest BCUT2D eigenvalue weighted by Gasteiger charge is -2.23. The molecule has 1 fully saturated rings. The summed E-state index contributed by atoms with van der Waals surface area (Å²) in [6.07, 6.45) is 1.40. The van der Waals surface area contributed by atoms with Crippen LogP contribution in [0.3, 0.4) is 0 Å². The number of carbonyl (C=O) groups excluding carboxylic acids is 1. The Kier molecular flexibility index (Phi) is 2.30. The Hall–Kier alpha value is -1.31. The van der Waals surface area contributed by atoms with Gasteiger partial charge in [0.15, 0.2) is 0 Å². The van der Waals surface area contributed by atoms with E-state index in [1.165, 1.54) is 0 Å². The summed E-state index contributed by atoms with van der Waals surface area (Å²) >= 11 is 0. The van der Waals surface area contributed by atoms with E-state index < -0.39 is 0 Å². The molecule has 0 unspecified atom stereocenters. The van der Waals surface area contributed by atoms with E-state index in [9.17, 15) is 4.79 Å². The minimum absolute atomic E-state index is 0.363. The predicted molar refractivity (Wildman–Crippen MR) is 49.7 cm³/mol. The lowest BCUT2D eigenvalue weighted by Crippen LogP contribution is -2.28. The van der Waals surface area contributed by atoms with Crippen molar-refractivity contribution in [3.63, 3.8) is 0 Å². The molecular weight excluding hydrogens is 164 g/mol. The van der Waals surface area contributed by atoms with E-state index in [0.717, 1.165) is 5.75 Å². The van der Waals surface area contributed by atoms with Gasteiger partial charge in [-0.15, -0.1) is 0 Å². The van der Waals surface area contributed by atoms with Crippen LogP contribution in [0.15, 0.2) is 30.3 Å². The monoisotopic (exact) mass is 176 g/mol. The molecule has 0 aromatic heterocycles. The molecule has 2 heteroatoms. The molecule has 2 nitrogen and oxygen atoms in total. The number of ether oxygens (including phenoxy) is 1. The van der Waals surface area contributed by atoms with Gasteiger partial charge in [0, 0.05) is 18.8 Å². The Morgan fingerprint density at radius 3 is 2.54 bits per heavy atom. The first-order valence-corrected chi connectivity index (χ1v) is 4.54. The third-order valence-electron chi connectivity index (χ3n) is 2.26. The summed E-state index contributed by atoms with van der Waals surface area (Å²) in [5.74, 6) is 1.70. The van der Waals surface area contributed by atoms with E-state index in [0.29, 0.717) is 31.1 Å². The topological polar surface area (TPSA) is 26.3 Å². The molecule has 68 valence electrons. The van der Waals surface area contributed by atoms with Crippen molar-refractivity contribution in [1.82, 2.24) is 0 Å². The van der Waals surface area contributed by atoms with Gasteiger partial charge in [-0.05, 0) is 12.1 Å². The molecule has 1 aliphatic rings. The molecule has 13 heavy (non-hydrogen) atoms. The number of carbonyl (C=O) groups is 1. The van der Waals surface area contributed by atoms with E-state index in [1.807, 2.05) is 30.3 Å². The van der Waals surface area contributed by atoms with E-state index in [1.54, 1.807) is 0 Å². The maximum atomic E-state index is 10.7. The second-order valence-corrected chi connectivity index (χ2v) is 3.44. The quantitative estimate of drug-likeness (QED) is 0.704. The van der Waals surface area contributed by atoms with E-state index in [-0.39, 0.29) is 0 Å². The summed E-state index contributed by atoms with van der Waals surface area (Å²) in [5, 5.41) is 0. The van der Waals surface area contributed by atoms with Gasteiger partial charge in [-0.25, -0.2) is 0 Å². The van der Waals surface area contributed by atoms with Gasteiger partial charge >= 0.3 is 0 Å². The number of hydrogen-bond donors (Lipinski definition) is 0. The Bertz CT molecular complexity index is 284. The highest BCUT2D eigenvalue weighted by molar-refractivity contribution is 5.84. The first kappa shape index (κ1) is 8.30. The van der Waals surface area contributed by atoms with Crippen LogP contribution >= 0.6 is 0 Å². The van der Waals surface area contributed by atoms with Crippen molar-refractivity contribution in [1.29, 1.82) is 0 Å². The minimum Gasteiger partial charge on any atom is -0.493 e. The van der Waals surface area contributed by atoms with Gasteiger partial charge in [-0.1, -0.05) is 18.2 Å². The van der Waals surface area contributed by atoms with Crippen molar-refractivity contribution >= 4 is 5.78 Å². The van der Waals surface area contributed by atoms with Crippen LogP contribution in [0.4, 0.5) is 0 Å². The van der Waals surface area contributed by atoms with Crippen molar-refractivity contribution < 1.29 is 9.53 Å². The van der Waals surface area contributed by atoms with Gasteiger partial charge < -0.3 is 4.74 Å². The first-order valence-electron chi connectivity index (χ1n) is 4.54. The zero-order valence-corrected chi connectivity index (χ0v) is 7.40. The maximum absolute atomic E-state index is 10.7. The number of rotatable bonds is 3. The van der Waals surface area contributed by atoms with Crippen LogP contribution in [0, 0.1) is 5.92 Å². The van der Waals surface area contributed by atoms with E-state index in [4.69, 9.17) is 4.74 Å². The number of benzene rings is 1. The smallest absolute Gasteiger partial charge is 0.133 e. The van der Waals surface area contributed by atoms with Crippen molar-refractivity contribution in [2.45, 2.75) is 12.8 Å². The van der Waals surface area contributed by atoms with Crippen LogP contribution in [-0.2, 0) is 4.79 Å². The van der Waals surface area contributed by atoms with Crippen LogP contribution < -0.4 is 4.74 Å². The van der Waals surface area contributed by atoms with Gasteiger partial charge in [0.05, 0.1) is 6.61 Å².